The second-order valence-corrected chi connectivity index (χ2v) is 9.45. The van der Waals surface area contributed by atoms with Gasteiger partial charge in [-0.2, -0.15) is 5.10 Å². The molecule has 0 saturated heterocycles. The van der Waals surface area contributed by atoms with Gasteiger partial charge in [-0.1, -0.05) is 115 Å². The molecule has 0 spiro atoms. The van der Waals surface area contributed by atoms with E-state index in [0.29, 0.717) is 0 Å². The Balaban J connectivity index is 1.71. The van der Waals surface area contributed by atoms with Crippen LogP contribution in [0.5, 0.6) is 0 Å². The molecule has 0 saturated carbocycles. The van der Waals surface area contributed by atoms with Gasteiger partial charge in [-0.05, 0) is 46.4 Å². The second-order valence-electron chi connectivity index (χ2n) is 8.47. The van der Waals surface area contributed by atoms with Gasteiger partial charge in [-0.25, -0.2) is 4.68 Å². The van der Waals surface area contributed by atoms with Crippen LogP contribution in [0.15, 0.2) is 133 Å². The molecule has 6 aromatic rings. The Morgan fingerprint density at radius 2 is 1.11 bits per heavy atom. The number of hydrogen-bond donors (Lipinski definition) is 0. The molecular formula is C32H24N2S. The third-order valence-corrected chi connectivity index (χ3v) is 7.29. The third-order valence-electron chi connectivity index (χ3n) is 6.46. The zero-order valence-electron chi connectivity index (χ0n) is 19.2. The molecule has 3 heteroatoms. The fourth-order valence-electron chi connectivity index (χ4n) is 4.92. The number of thiophene rings is 1. The van der Waals surface area contributed by atoms with Crippen molar-refractivity contribution in [1.82, 2.24) is 9.78 Å². The minimum atomic E-state index is -0.640. The molecule has 0 fully saturated rings. The lowest BCUT2D eigenvalue weighted by atomic mass is 9.77. The van der Waals surface area contributed by atoms with E-state index in [0.717, 1.165) is 16.6 Å². The quantitative estimate of drug-likeness (QED) is 0.226. The highest BCUT2D eigenvalue weighted by Gasteiger charge is 2.40. The Hall–Kier alpha value is -4.21. The number of nitrogens with zero attached hydrogens (tertiary/aromatic N) is 2. The third kappa shape index (κ3) is 3.71. The monoisotopic (exact) mass is 468 g/mol. The average Bonchev–Trinajstić information content (AvgIpc) is 3.59. The van der Waals surface area contributed by atoms with Crippen LogP contribution in [0.4, 0.5) is 0 Å². The number of aromatic nitrogens is 2. The molecule has 0 aliphatic rings. The molecule has 0 atom stereocenters. The van der Waals surface area contributed by atoms with Crippen LogP contribution in [0.3, 0.4) is 0 Å². The van der Waals surface area contributed by atoms with Gasteiger partial charge in [0.05, 0.1) is 11.2 Å². The van der Waals surface area contributed by atoms with Crippen LogP contribution in [0.2, 0.25) is 0 Å². The maximum Gasteiger partial charge on any atom is 0.138 e. The maximum atomic E-state index is 5.32. The molecule has 0 aliphatic carbocycles. The van der Waals surface area contributed by atoms with Crippen molar-refractivity contribution in [2.24, 2.45) is 0 Å². The lowest BCUT2D eigenvalue weighted by Gasteiger charge is -2.37. The van der Waals surface area contributed by atoms with Gasteiger partial charge in [0.25, 0.3) is 0 Å². The topological polar surface area (TPSA) is 17.8 Å². The van der Waals surface area contributed by atoms with E-state index in [4.69, 9.17) is 5.10 Å². The first kappa shape index (κ1) is 21.3. The maximum absolute atomic E-state index is 5.32. The number of fused-ring (bicyclic) bond motifs is 1. The normalized spacial score (nSPS) is 11.9. The molecule has 0 bridgehead atoms. The Morgan fingerprint density at radius 1 is 0.571 bits per heavy atom. The first-order valence-corrected chi connectivity index (χ1v) is 12.6. The average molecular weight is 469 g/mol. The van der Waals surface area contributed by atoms with Gasteiger partial charge in [0, 0.05) is 10.3 Å². The van der Waals surface area contributed by atoms with Crippen LogP contribution in [0.25, 0.3) is 23.1 Å². The minimum Gasteiger partial charge on any atom is -0.245 e. The van der Waals surface area contributed by atoms with Crippen molar-refractivity contribution < 1.29 is 0 Å². The fraction of sp³-hybridized carbons (Fsp3) is 0.0312. The number of benzene rings is 4. The summed E-state index contributed by atoms with van der Waals surface area (Å²) >= 11 is 1.73. The number of rotatable bonds is 6. The minimum absolute atomic E-state index is 0.640. The molecule has 35 heavy (non-hydrogen) atoms. The van der Waals surface area contributed by atoms with E-state index in [1.165, 1.54) is 21.6 Å². The second kappa shape index (κ2) is 9.21. The van der Waals surface area contributed by atoms with Gasteiger partial charge < -0.3 is 0 Å². The largest absolute Gasteiger partial charge is 0.245 e. The van der Waals surface area contributed by atoms with Crippen LogP contribution in [-0.4, -0.2) is 9.78 Å². The highest BCUT2D eigenvalue weighted by Crippen LogP contribution is 2.42. The summed E-state index contributed by atoms with van der Waals surface area (Å²) in [4.78, 5) is 1.21. The Kier molecular flexibility index (Phi) is 5.61. The standard InChI is InChI=1S/C32H24N2S/c1-4-13-25(14-5-1)32(26-15-6-2-7-16-26,27-17-8-3-9-18-27)34-31-21-11-10-20-29(31)30(33-34)23-22-28-19-12-24-35-28/h1-24H/b23-22+. The Morgan fingerprint density at radius 3 is 1.66 bits per heavy atom. The summed E-state index contributed by atoms with van der Waals surface area (Å²) in [7, 11) is 0. The van der Waals surface area contributed by atoms with E-state index in [1.54, 1.807) is 11.3 Å². The van der Waals surface area contributed by atoms with E-state index in [1.807, 2.05) is 0 Å². The summed E-state index contributed by atoms with van der Waals surface area (Å²) in [6, 6.07) is 44.8. The highest BCUT2D eigenvalue weighted by atomic mass is 32.1. The van der Waals surface area contributed by atoms with Gasteiger partial charge in [0.15, 0.2) is 0 Å². The Labute approximate surface area is 209 Å². The van der Waals surface area contributed by atoms with Crippen molar-refractivity contribution in [3.05, 3.63) is 160 Å². The van der Waals surface area contributed by atoms with Gasteiger partial charge in [-0.15, -0.1) is 11.3 Å². The van der Waals surface area contributed by atoms with Crippen molar-refractivity contribution in [2.75, 3.05) is 0 Å². The lowest BCUT2D eigenvalue weighted by molar-refractivity contribution is 0.475. The molecule has 2 heterocycles. The smallest absolute Gasteiger partial charge is 0.138 e. The number of hydrogen-bond acceptors (Lipinski definition) is 2. The molecule has 2 aromatic heterocycles. The van der Waals surface area contributed by atoms with E-state index in [9.17, 15) is 0 Å². The predicted molar refractivity (Wildman–Crippen MR) is 148 cm³/mol. The molecule has 2 nitrogen and oxygen atoms in total. The van der Waals surface area contributed by atoms with E-state index in [2.05, 4.69) is 150 Å². The molecule has 4 aromatic carbocycles. The first-order chi connectivity index (χ1) is 17.4. The molecule has 0 aliphatic heterocycles. The van der Waals surface area contributed by atoms with Crippen molar-refractivity contribution in [3.8, 4) is 0 Å². The van der Waals surface area contributed by atoms with Gasteiger partial charge >= 0.3 is 0 Å². The van der Waals surface area contributed by atoms with Crippen LogP contribution in [0, 0.1) is 0 Å². The molecule has 6 rings (SSSR count). The van der Waals surface area contributed by atoms with Gasteiger partial charge in [0.1, 0.15) is 5.54 Å². The Bertz CT molecular complexity index is 1470. The zero-order valence-corrected chi connectivity index (χ0v) is 20.0. The van der Waals surface area contributed by atoms with Gasteiger partial charge in [0.2, 0.25) is 0 Å². The molecule has 0 unspecified atom stereocenters. The van der Waals surface area contributed by atoms with Crippen molar-refractivity contribution >= 4 is 34.4 Å². The predicted octanol–water partition coefficient (Wildman–Crippen LogP) is 8.11. The van der Waals surface area contributed by atoms with E-state index < -0.39 is 5.54 Å². The molecule has 168 valence electrons. The summed E-state index contributed by atoms with van der Waals surface area (Å²) in [6.07, 6.45) is 4.29. The summed E-state index contributed by atoms with van der Waals surface area (Å²) < 4.78 is 2.22. The number of para-hydroxylation sites is 1. The lowest BCUT2D eigenvalue weighted by Crippen LogP contribution is -2.38. The van der Waals surface area contributed by atoms with Gasteiger partial charge in [-0.3, -0.25) is 0 Å². The molecular weight excluding hydrogens is 444 g/mol. The molecule has 0 amide bonds. The summed E-state index contributed by atoms with van der Waals surface area (Å²) in [5, 5.41) is 8.56. The van der Waals surface area contributed by atoms with Crippen molar-refractivity contribution in [1.29, 1.82) is 0 Å². The highest BCUT2D eigenvalue weighted by molar-refractivity contribution is 7.10. The summed E-state index contributed by atoms with van der Waals surface area (Å²) in [5.74, 6) is 0. The summed E-state index contributed by atoms with van der Waals surface area (Å²) in [6.45, 7) is 0. The van der Waals surface area contributed by atoms with E-state index >= 15 is 0 Å². The SMILES string of the molecule is C(=C\c1nn(C(c2ccccc2)(c2ccccc2)c2ccccc2)c2ccccc12)/c1cccs1. The zero-order chi connectivity index (χ0) is 23.5. The van der Waals surface area contributed by atoms with Crippen LogP contribution >= 0.6 is 11.3 Å². The van der Waals surface area contributed by atoms with Crippen molar-refractivity contribution in [3.63, 3.8) is 0 Å². The first-order valence-electron chi connectivity index (χ1n) is 11.7. The van der Waals surface area contributed by atoms with E-state index in [-0.39, 0.29) is 0 Å². The summed E-state index contributed by atoms with van der Waals surface area (Å²) in [5.41, 5.74) is 4.91. The van der Waals surface area contributed by atoms with Crippen LogP contribution in [-0.2, 0) is 5.54 Å². The molecule has 0 radical (unpaired) electrons. The molecule has 0 N–H and O–H groups in total. The van der Waals surface area contributed by atoms with Crippen molar-refractivity contribution in [2.45, 2.75) is 5.54 Å². The van der Waals surface area contributed by atoms with Crippen LogP contribution < -0.4 is 0 Å². The van der Waals surface area contributed by atoms with Crippen LogP contribution in [0.1, 0.15) is 27.3 Å². The fourth-order valence-corrected chi connectivity index (χ4v) is 5.54.